The van der Waals surface area contributed by atoms with Gasteiger partial charge in [-0.2, -0.15) is 0 Å². The maximum atomic E-state index is 13.0. The third kappa shape index (κ3) is 4.52. The van der Waals surface area contributed by atoms with Gasteiger partial charge in [0.1, 0.15) is 12.0 Å². The summed E-state index contributed by atoms with van der Waals surface area (Å²) in [4.78, 5) is 15.0. The molecule has 2 N–H and O–H groups in total. The van der Waals surface area contributed by atoms with E-state index >= 15 is 0 Å². The smallest absolute Gasteiger partial charge is 0.257 e. The quantitative estimate of drug-likeness (QED) is 0.878. The van der Waals surface area contributed by atoms with Gasteiger partial charge in [0.15, 0.2) is 0 Å². The summed E-state index contributed by atoms with van der Waals surface area (Å²) < 4.78 is 11.1. The van der Waals surface area contributed by atoms with E-state index in [9.17, 15) is 4.79 Å². The molecule has 3 rings (SSSR count). The number of halogens is 1. The Balaban J connectivity index is 0.00000208. The lowest BCUT2D eigenvalue weighted by Crippen LogP contribution is -2.45. The van der Waals surface area contributed by atoms with Crippen LogP contribution >= 0.6 is 12.4 Å². The third-order valence-corrected chi connectivity index (χ3v) is 5.21. The normalized spacial score (nSPS) is 26.8. The first kappa shape index (κ1) is 19.3. The Hall–Kier alpha value is -1.04. The van der Waals surface area contributed by atoms with Crippen LogP contribution in [-0.4, -0.2) is 36.1 Å². The molecule has 0 aromatic carbocycles. The van der Waals surface area contributed by atoms with Crippen LogP contribution in [0.4, 0.5) is 0 Å². The van der Waals surface area contributed by atoms with Gasteiger partial charge in [0, 0.05) is 19.2 Å². The Morgan fingerprint density at radius 3 is 2.62 bits per heavy atom. The topological polar surface area (TPSA) is 68.7 Å². The molecule has 1 aliphatic heterocycles. The van der Waals surface area contributed by atoms with Gasteiger partial charge in [-0.1, -0.05) is 6.92 Å². The molecule has 1 atom stereocenters. The van der Waals surface area contributed by atoms with E-state index in [1.54, 1.807) is 12.3 Å². The molecule has 0 spiro atoms. The van der Waals surface area contributed by atoms with E-state index in [1.165, 1.54) is 12.8 Å². The number of furan rings is 1. The number of rotatable bonds is 5. The van der Waals surface area contributed by atoms with Gasteiger partial charge < -0.3 is 19.8 Å². The number of hydrogen-bond acceptors (Lipinski definition) is 4. The van der Waals surface area contributed by atoms with Gasteiger partial charge in [0.05, 0.1) is 18.2 Å². The number of carbonyl (C=O) groups excluding carboxylic acids is 1. The van der Waals surface area contributed by atoms with E-state index in [-0.39, 0.29) is 24.4 Å². The lowest BCUT2D eigenvalue weighted by Gasteiger charge is -2.37. The van der Waals surface area contributed by atoms with Crippen LogP contribution in [0, 0.1) is 5.92 Å². The summed E-state index contributed by atoms with van der Waals surface area (Å²) in [6.07, 6.45) is 8.42. The molecule has 1 amide bonds. The van der Waals surface area contributed by atoms with Crippen molar-refractivity contribution in [2.24, 2.45) is 11.7 Å². The summed E-state index contributed by atoms with van der Waals surface area (Å²) in [5.74, 6) is 1.48. The summed E-state index contributed by atoms with van der Waals surface area (Å²) in [6, 6.07) is 2.09. The van der Waals surface area contributed by atoms with Crippen LogP contribution in [0.1, 0.15) is 61.6 Å². The molecule has 1 saturated heterocycles. The fraction of sp³-hybridized carbons (Fsp3) is 0.722. The zero-order valence-corrected chi connectivity index (χ0v) is 15.2. The van der Waals surface area contributed by atoms with E-state index in [0.29, 0.717) is 30.5 Å². The fourth-order valence-electron chi connectivity index (χ4n) is 3.73. The molecule has 1 aliphatic carbocycles. The zero-order valence-electron chi connectivity index (χ0n) is 14.4. The minimum absolute atomic E-state index is 0. The second kappa shape index (κ2) is 8.88. The highest BCUT2D eigenvalue weighted by Gasteiger charge is 2.31. The fourth-order valence-corrected chi connectivity index (χ4v) is 3.73. The molecule has 2 heterocycles. The first-order valence-corrected chi connectivity index (χ1v) is 8.87. The van der Waals surface area contributed by atoms with Gasteiger partial charge >= 0.3 is 0 Å². The minimum atomic E-state index is 0. The molecule has 24 heavy (non-hydrogen) atoms. The highest BCUT2D eigenvalue weighted by atomic mass is 35.5. The summed E-state index contributed by atoms with van der Waals surface area (Å²) in [6.45, 7) is 4.13. The lowest BCUT2D eigenvalue weighted by atomic mass is 9.86. The van der Waals surface area contributed by atoms with Crippen LogP contribution in [0.3, 0.4) is 0 Å². The van der Waals surface area contributed by atoms with E-state index in [0.717, 1.165) is 38.2 Å². The summed E-state index contributed by atoms with van der Waals surface area (Å²) in [7, 11) is 0. The number of carbonyl (C=O) groups is 1. The number of ether oxygens (including phenoxy) is 1. The van der Waals surface area contributed by atoms with E-state index < -0.39 is 0 Å². The standard InChI is InChI=1S/C18H28N2O3.ClH/c1-13-4-6-15(7-5-13)20(11-16-3-2-8-22-16)18(21)14-9-17(10-19)23-12-14;/h9,12-13,15-16H,2-8,10-11,19H2,1H3;1H. The molecule has 1 aromatic rings. The molecular weight excluding hydrogens is 328 g/mol. The van der Waals surface area contributed by atoms with Gasteiger partial charge in [-0.15, -0.1) is 12.4 Å². The SMILES string of the molecule is CC1CCC(N(CC2CCCO2)C(=O)c2coc(CN)c2)CC1.Cl. The predicted octanol–water partition coefficient (Wildman–Crippen LogP) is 3.36. The van der Waals surface area contributed by atoms with Crippen LogP contribution in [0.5, 0.6) is 0 Å². The van der Waals surface area contributed by atoms with Crippen LogP contribution in [0.2, 0.25) is 0 Å². The number of amides is 1. The molecule has 2 aliphatic rings. The molecule has 136 valence electrons. The second-order valence-corrected chi connectivity index (χ2v) is 7.01. The molecule has 1 aromatic heterocycles. The van der Waals surface area contributed by atoms with Crippen molar-refractivity contribution in [3.05, 3.63) is 23.7 Å². The summed E-state index contributed by atoms with van der Waals surface area (Å²) in [5.41, 5.74) is 6.20. The van der Waals surface area contributed by atoms with Gasteiger partial charge in [0.25, 0.3) is 5.91 Å². The van der Waals surface area contributed by atoms with Gasteiger partial charge in [-0.25, -0.2) is 0 Å². The third-order valence-electron chi connectivity index (χ3n) is 5.21. The first-order chi connectivity index (χ1) is 11.2. The first-order valence-electron chi connectivity index (χ1n) is 8.87. The van der Waals surface area contributed by atoms with Crippen LogP contribution in [0.25, 0.3) is 0 Å². The van der Waals surface area contributed by atoms with Crippen molar-refractivity contribution < 1.29 is 13.9 Å². The minimum Gasteiger partial charge on any atom is -0.467 e. The molecule has 2 fully saturated rings. The molecule has 6 heteroatoms. The number of nitrogens with two attached hydrogens (primary N) is 1. The highest BCUT2D eigenvalue weighted by Crippen LogP contribution is 2.29. The van der Waals surface area contributed by atoms with Crippen molar-refractivity contribution in [2.45, 2.75) is 64.1 Å². The molecule has 0 bridgehead atoms. The summed E-state index contributed by atoms with van der Waals surface area (Å²) >= 11 is 0. The number of hydrogen-bond donors (Lipinski definition) is 1. The average molecular weight is 357 g/mol. The Labute approximate surface area is 150 Å². The average Bonchev–Trinajstić information content (AvgIpc) is 3.24. The van der Waals surface area contributed by atoms with Crippen LogP contribution in [-0.2, 0) is 11.3 Å². The van der Waals surface area contributed by atoms with Crippen LogP contribution in [0.15, 0.2) is 16.7 Å². The Bertz CT molecular complexity index is 520. The highest BCUT2D eigenvalue weighted by molar-refractivity contribution is 5.94. The second-order valence-electron chi connectivity index (χ2n) is 7.01. The van der Waals surface area contributed by atoms with Gasteiger partial charge in [-0.3, -0.25) is 4.79 Å². The van der Waals surface area contributed by atoms with Crippen molar-refractivity contribution in [3.8, 4) is 0 Å². The van der Waals surface area contributed by atoms with E-state index in [4.69, 9.17) is 14.9 Å². The van der Waals surface area contributed by atoms with E-state index in [2.05, 4.69) is 6.92 Å². The van der Waals surface area contributed by atoms with Crippen LogP contribution < -0.4 is 5.73 Å². The predicted molar refractivity (Wildman–Crippen MR) is 95.3 cm³/mol. The largest absolute Gasteiger partial charge is 0.467 e. The number of nitrogens with zero attached hydrogens (tertiary/aromatic N) is 1. The molecular formula is C18H29ClN2O3. The molecule has 1 saturated carbocycles. The maximum Gasteiger partial charge on any atom is 0.257 e. The van der Waals surface area contributed by atoms with Crippen molar-refractivity contribution >= 4 is 18.3 Å². The Morgan fingerprint density at radius 2 is 2.04 bits per heavy atom. The van der Waals surface area contributed by atoms with Crippen molar-refractivity contribution in [1.29, 1.82) is 0 Å². The van der Waals surface area contributed by atoms with E-state index in [1.807, 2.05) is 4.90 Å². The molecule has 1 unspecified atom stereocenters. The van der Waals surface area contributed by atoms with Crippen molar-refractivity contribution in [1.82, 2.24) is 4.90 Å². The van der Waals surface area contributed by atoms with Gasteiger partial charge in [0.2, 0.25) is 0 Å². The molecule has 5 nitrogen and oxygen atoms in total. The maximum absolute atomic E-state index is 13.0. The van der Waals surface area contributed by atoms with Gasteiger partial charge in [-0.05, 0) is 50.5 Å². The Morgan fingerprint density at radius 1 is 1.29 bits per heavy atom. The monoisotopic (exact) mass is 356 g/mol. The lowest BCUT2D eigenvalue weighted by molar-refractivity contribution is 0.0341. The summed E-state index contributed by atoms with van der Waals surface area (Å²) in [5, 5.41) is 0. The Kier molecular flexibility index (Phi) is 7.14. The molecule has 0 radical (unpaired) electrons. The zero-order chi connectivity index (χ0) is 16.2. The van der Waals surface area contributed by atoms with Crippen molar-refractivity contribution in [3.63, 3.8) is 0 Å². The van der Waals surface area contributed by atoms with Crippen molar-refractivity contribution in [2.75, 3.05) is 13.2 Å².